The Hall–Kier alpha value is -4.83. The zero-order chi connectivity index (χ0) is 27.3. The van der Waals surface area contributed by atoms with E-state index in [0.29, 0.717) is 17.7 Å². The second-order valence-electron chi connectivity index (χ2n) is 8.58. The number of rotatable bonds is 10. The minimum absolute atomic E-state index is 0.0217. The van der Waals surface area contributed by atoms with Gasteiger partial charge in [0.1, 0.15) is 12.3 Å². The van der Waals surface area contributed by atoms with Crippen molar-refractivity contribution in [3.05, 3.63) is 113 Å². The average molecular weight is 511 g/mol. The molecule has 7 heteroatoms. The zero-order valence-electron chi connectivity index (χ0n) is 21.5. The normalized spacial score (nSPS) is 10.7. The van der Waals surface area contributed by atoms with Crippen LogP contribution in [-0.4, -0.2) is 36.5 Å². The molecule has 3 aromatic rings. The summed E-state index contributed by atoms with van der Waals surface area (Å²) in [7, 11) is 1.43. The van der Waals surface area contributed by atoms with E-state index in [2.05, 4.69) is 11.2 Å². The molecule has 0 aromatic heterocycles. The van der Waals surface area contributed by atoms with Crippen LogP contribution in [0.1, 0.15) is 22.3 Å². The van der Waals surface area contributed by atoms with E-state index in [1.54, 1.807) is 30.3 Å². The predicted octanol–water partition coefficient (Wildman–Crippen LogP) is 5.05. The molecule has 0 unspecified atom stereocenters. The van der Waals surface area contributed by atoms with Gasteiger partial charge in [0.25, 0.3) is 0 Å². The lowest BCUT2D eigenvalue weighted by Gasteiger charge is -2.19. The van der Waals surface area contributed by atoms with Gasteiger partial charge in [-0.05, 0) is 48.2 Å². The Morgan fingerprint density at radius 3 is 2.21 bits per heavy atom. The van der Waals surface area contributed by atoms with E-state index in [9.17, 15) is 14.4 Å². The number of esters is 1. The molecule has 0 atom stereocenters. The molecular formula is C31H30N2O5. The first-order valence-electron chi connectivity index (χ1n) is 12.0. The van der Waals surface area contributed by atoms with Crippen molar-refractivity contribution in [2.75, 3.05) is 19.0 Å². The molecule has 0 fully saturated rings. The van der Waals surface area contributed by atoms with Gasteiger partial charge in [-0.2, -0.15) is 0 Å². The molecule has 0 heterocycles. The van der Waals surface area contributed by atoms with E-state index in [4.69, 9.17) is 15.9 Å². The Kier molecular flexibility index (Phi) is 10.3. The molecule has 2 amide bonds. The quantitative estimate of drug-likeness (QED) is 0.234. The van der Waals surface area contributed by atoms with Crippen molar-refractivity contribution in [1.29, 1.82) is 0 Å². The summed E-state index contributed by atoms with van der Waals surface area (Å²) < 4.78 is 10.4. The largest absolute Gasteiger partial charge is 0.448 e. The fourth-order valence-electron chi connectivity index (χ4n) is 3.49. The van der Waals surface area contributed by atoms with E-state index in [1.807, 2.05) is 61.5 Å². The van der Waals surface area contributed by atoms with Crippen molar-refractivity contribution in [3.63, 3.8) is 0 Å². The number of nitrogens with one attached hydrogen (secondary N) is 1. The van der Waals surface area contributed by atoms with E-state index in [-0.39, 0.29) is 31.2 Å². The lowest BCUT2D eigenvalue weighted by Crippen LogP contribution is -2.31. The maximum absolute atomic E-state index is 12.7. The van der Waals surface area contributed by atoms with Gasteiger partial charge in [-0.1, -0.05) is 78.2 Å². The standard InChI is InChI=1S/C31H30N2O5/c1-4-20-37-30(35)28(19-16-24-8-6-5-7-9-24)33(3)31(36)38-22-26-14-17-27(18-15-26)32-29(34)21-25-12-10-23(2)11-13-25/h1,5-15,17-19H,16,20-22H2,2-3H3,(H,32,34)/b28-19+. The molecular weight excluding hydrogens is 480 g/mol. The van der Waals surface area contributed by atoms with Crippen molar-refractivity contribution in [2.24, 2.45) is 0 Å². The first-order chi connectivity index (χ1) is 18.4. The monoisotopic (exact) mass is 510 g/mol. The SMILES string of the molecule is C#CCOC(=O)/C(=C\Cc1ccccc1)N(C)C(=O)OCc1ccc(NC(=O)Cc2ccc(C)cc2)cc1. The number of nitrogens with zero attached hydrogens (tertiary/aromatic N) is 1. The van der Waals surface area contributed by atoms with Crippen molar-refractivity contribution < 1.29 is 23.9 Å². The van der Waals surface area contributed by atoms with Crippen molar-refractivity contribution in [2.45, 2.75) is 26.4 Å². The lowest BCUT2D eigenvalue weighted by atomic mass is 10.1. The van der Waals surface area contributed by atoms with E-state index in [0.717, 1.165) is 21.6 Å². The number of hydrogen-bond acceptors (Lipinski definition) is 5. The highest BCUT2D eigenvalue weighted by atomic mass is 16.6. The molecule has 7 nitrogen and oxygen atoms in total. The van der Waals surface area contributed by atoms with Gasteiger partial charge in [0.05, 0.1) is 6.42 Å². The van der Waals surface area contributed by atoms with Gasteiger partial charge in [-0.3, -0.25) is 9.69 Å². The minimum atomic E-state index is -0.725. The van der Waals surface area contributed by atoms with Crippen LogP contribution in [0, 0.1) is 19.3 Å². The maximum Gasteiger partial charge on any atom is 0.414 e. The van der Waals surface area contributed by atoms with Gasteiger partial charge >= 0.3 is 12.1 Å². The Morgan fingerprint density at radius 2 is 1.55 bits per heavy atom. The minimum Gasteiger partial charge on any atom is -0.448 e. The highest BCUT2D eigenvalue weighted by Gasteiger charge is 2.22. The Labute approximate surface area is 223 Å². The number of amides is 2. The molecule has 0 saturated carbocycles. The van der Waals surface area contributed by atoms with Crippen LogP contribution in [0.2, 0.25) is 0 Å². The molecule has 38 heavy (non-hydrogen) atoms. The number of terminal acetylenes is 1. The number of likely N-dealkylation sites (N-methyl/N-ethyl adjacent to an activating group) is 1. The van der Waals surface area contributed by atoms with Crippen LogP contribution >= 0.6 is 0 Å². The van der Waals surface area contributed by atoms with Gasteiger partial charge < -0.3 is 14.8 Å². The third kappa shape index (κ3) is 8.68. The number of hydrogen-bond donors (Lipinski definition) is 1. The maximum atomic E-state index is 12.7. The Bertz CT molecular complexity index is 1310. The smallest absolute Gasteiger partial charge is 0.414 e. The third-order valence-corrected chi connectivity index (χ3v) is 5.59. The highest BCUT2D eigenvalue weighted by molar-refractivity contribution is 5.93. The molecule has 3 aromatic carbocycles. The molecule has 0 radical (unpaired) electrons. The topological polar surface area (TPSA) is 84.9 Å². The molecule has 0 saturated heterocycles. The lowest BCUT2D eigenvalue weighted by molar-refractivity contribution is -0.139. The van der Waals surface area contributed by atoms with Crippen LogP contribution in [0.15, 0.2) is 90.6 Å². The van der Waals surface area contributed by atoms with Crippen LogP contribution in [0.3, 0.4) is 0 Å². The van der Waals surface area contributed by atoms with Gasteiger partial charge in [0.2, 0.25) is 5.91 Å². The Balaban J connectivity index is 1.56. The van der Waals surface area contributed by atoms with E-state index < -0.39 is 12.1 Å². The van der Waals surface area contributed by atoms with Gasteiger partial charge in [0.15, 0.2) is 6.61 Å². The first kappa shape index (κ1) is 27.8. The first-order valence-corrected chi connectivity index (χ1v) is 12.0. The Morgan fingerprint density at radius 1 is 0.895 bits per heavy atom. The molecule has 194 valence electrons. The van der Waals surface area contributed by atoms with Crippen molar-refractivity contribution in [1.82, 2.24) is 4.90 Å². The number of aryl methyl sites for hydroxylation is 1. The van der Waals surface area contributed by atoms with Crippen molar-refractivity contribution in [3.8, 4) is 12.3 Å². The van der Waals surface area contributed by atoms with Gasteiger partial charge in [-0.25, -0.2) is 9.59 Å². The summed E-state index contributed by atoms with van der Waals surface area (Å²) in [6, 6.07) is 24.3. The second-order valence-corrected chi connectivity index (χ2v) is 8.58. The van der Waals surface area contributed by atoms with Crippen molar-refractivity contribution >= 4 is 23.7 Å². The summed E-state index contributed by atoms with van der Waals surface area (Å²) >= 11 is 0. The van der Waals surface area contributed by atoms with Gasteiger partial charge in [-0.15, -0.1) is 6.42 Å². The molecule has 0 aliphatic rings. The fourth-order valence-corrected chi connectivity index (χ4v) is 3.49. The summed E-state index contributed by atoms with van der Waals surface area (Å²) in [6.45, 7) is 1.77. The van der Waals surface area contributed by atoms with Crippen LogP contribution < -0.4 is 5.32 Å². The summed E-state index contributed by atoms with van der Waals surface area (Å²) in [5.74, 6) is 1.40. The second kappa shape index (κ2) is 14.0. The molecule has 1 N–H and O–H groups in total. The van der Waals surface area contributed by atoms with E-state index >= 15 is 0 Å². The number of allylic oxidation sites excluding steroid dienone is 1. The summed E-state index contributed by atoms with van der Waals surface area (Å²) in [4.78, 5) is 38.7. The van der Waals surface area contributed by atoms with Crippen LogP contribution in [-0.2, 0) is 38.5 Å². The number of carbonyl (C=O) groups excluding carboxylic acids is 3. The number of ether oxygens (including phenoxy) is 2. The average Bonchev–Trinajstić information content (AvgIpc) is 2.93. The van der Waals surface area contributed by atoms with E-state index in [1.165, 1.54) is 7.05 Å². The molecule has 0 aliphatic carbocycles. The van der Waals surface area contributed by atoms with Crippen LogP contribution in [0.5, 0.6) is 0 Å². The number of anilines is 1. The predicted molar refractivity (Wildman–Crippen MR) is 146 cm³/mol. The summed E-state index contributed by atoms with van der Waals surface area (Å²) in [5.41, 5.74) is 4.41. The van der Waals surface area contributed by atoms with Crippen LogP contribution in [0.4, 0.5) is 10.5 Å². The summed E-state index contributed by atoms with van der Waals surface area (Å²) in [5, 5.41) is 2.86. The molecule has 3 rings (SSSR count). The number of benzene rings is 3. The highest BCUT2D eigenvalue weighted by Crippen LogP contribution is 2.14. The fraction of sp³-hybridized carbons (Fsp3) is 0.194. The molecule has 0 bridgehead atoms. The van der Waals surface area contributed by atoms with Crippen LogP contribution in [0.25, 0.3) is 0 Å². The third-order valence-electron chi connectivity index (χ3n) is 5.59. The molecule has 0 spiro atoms. The summed E-state index contributed by atoms with van der Waals surface area (Å²) in [6.07, 6.45) is 6.75. The van der Waals surface area contributed by atoms with Gasteiger partial charge in [0, 0.05) is 12.7 Å². The number of carbonyl (C=O) groups is 3. The zero-order valence-corrected chi connectivity index (χ0v) is 21.5. The molecule has 0 aliphatic heterocycles.